The maximum atomic E-state index is 12.1. The lowest BCUT2D eigenvalue weighted by atomic mass is 10.1. The van der Waals surface area contributed by atoms with Crippen LogP contribution < -0.4 is 10.6 Å². The summed E-state index contributed by atoms with van der Waals surface area (Å²) < 4.78 is 0. The average molecular weight is 291 g/mol. The Morgan fingerprint density at radius 1 is 1.48 bits per heavy atom. The van der Waals surface area contributed by atoms with E-state index < -0.39 is 6.10 Å². The largest absolute Gasteiger partial charge is 0.392 e. The molecule has 1 aromatic carbocycles. The van der Waals surface area contributed by atoms with Crippen LogP contribution in [0, 0.1) is 0 Å². The highest BCUT2D eigenvalue weighted by Crippen LogP contribution is 2.14. The molecule has 6 heteroatoms. The Labute approximate surface area is 124 Å². The molecule has 21 heavy (non-hydrogen) atoms. The van der Waals surface area contributed by atoms with E-state index in [9.17, 15) is 14.7 Å². The minimum Gasteiger partial charge on any atom is -0.392 e. The molecule has 1 aliphatic rings. The Bertz CT molecular complexity index is 533. The van der Waals surface area contributed by atoms with Gasteiger partial charge in [-0.1, -0.05) is 12.1 Å². The molecule has 0 aliphatic carbocycles. The number of nitrogens with zero attached hydrogens (tertiary/aromatic N) is 1. The molecular formula is C15H21N3O3. The molecule has 114 valence electrons. The number of carbonyl (C=O) groups excluding carboxylic acids is 2. The Kier molecular flexibility index (Phi) is 4.93. The number of aliphatic hydroxyl groups is 1. The third-order valence-corrected chi connectivity index (χ3v) is 3.58. The first-order chi connectivity index (χ1) is 9.95. The van der Waals surface area contributed by atoms with E-state index in [-0.39, 0.29) is 17.9 Å². The fourth-order valence-corrected chi connectivity index (χ4v) is 2.28. The van der Waals surface area contributed by atoms with Crippen LogP contribution in [0.5, 0.6) is 0 Å². The van der Waals surface area contributed by atoms with E-state index in [1.54, 1.807) is 18.0 Å². The van der Waals surface area contributed by atoms with Gasteiger partial charge in [0.25, 0.3) is 0 Å². The molecule has 1 aliphatic heterocycles. The zero-order valence-electron chi connectivity index (χ0n) is 12.3. The molecule has 1 saturated heterocycles. The van der Waals surface area contributed by atoms with E-state index in [1.807, 2.05) is 18.2 Å². The van der Waals surface area contributed by atoms with E-state index in [1.165, 1.54) is 6.92 Å². The normalized spacial score (nSPS) is 21.1. The zero-order chi connectivity index (χ0) is 15.4. The van der Waals surface area contributed by atoms with E-state index >= 15 is 0 Å². The molecule has 2 unspecified atom stereocenters. The summed E-state index contributed by atoms with van der Waals surface area (Å²) >= 11 is 0. The van der Waals surface area contributed by atoms with Crippen LogP contribution in [0.25, 0.3) is 0 Å². The Morgan fingerprint density at radius 2 is 2.24 bits per heavy atom. The molecule has 1 heterocycles. The number of hydrogen-bond donors (Lipinski definition) is 3. The Balaban J connectivity index is 1.97. The van der Waals surface area contributed by atoms with Crippen molar-refractivity contribution in [2.24, 2.45) is 0 Å². The summed E-state index contributed by atoms with van der Waals surface area (Å²) in [7, 11) is 1.73. The summed E-state index contributed by atoms with van der Waals surface area (Å²) in [5.74, 6) is -0.155. The second-order valence-electron chi connectivity index (χ2n) is 5.42. The minimum absolute atomic E-state index is 0.00594. The molecule has 0 spiro atoms. The van der Waals surface area contributed by atoms with Crippen LogP contribution in [0.1, 0.15) is 18.9 Å². The number of nitrogens with one attached hydrogen (secondary N) is 2. The van der Waals surface area contributed by atoms with Crippen molar-refractivity contribution in [2.75, 3.05) is 18.9 Å². The predicted molar refractivity (Wildman–Crippen MR) is 79.6 cm³/mol. The van der Waals surface area contributed by atoms with Gasteiger partial charge in [-0.2, -0.15) is 0 Å². The van der Waals surface area contributed by atoms with Crippen molar-refractivity contribution in [3.63, 3.8) is 0 Å². The summed E-state index contributed by atoms with van der Waals surface area (Å²) in [5.41, 5.74) is 1.64. The summed E-state index contributed by atoms with van der Waals surface area (Å²) in [6.45, 7) is 2.46. The minimum atomic E-state index is -0.462. The van der Waals surface area contributed by atoms with Gasteiger partial charge in [0.2, 0.25) is 11.8 Å². The van der Waals surface area contributed by atoms with Gasteiger partial charge in [0, 0.05) is 32.7 Å². The molecule has 0 aromatic heterocycles. The molecule has 3 N–H and O–H groups in total. The van der Waals surface area contributed by atoms with Gasteiger partial charge in [-0.15, -0.1) is 0 Å². The van der Waals surface area contributed by atoms with Crippen molar-refractivity contribution in [1.82, 2.24) is 10.2 Å². The lowest BCUT2D eigenvalue weighted by Gasteiger charge is -2.16. The lowest BCUT2D eigenvalue weighted by molar-refractivity contribution is -0.128. The number of anilines is 1. The summed E-state index contributed by atoms with van der Waals surface area (Å²) in [6, 6.07) is 7.05. The van der Waals surface area contributed by atoms with Gasteiger partial charge in [-0.05, 0) is 24.1 Å². The van der Waals surface area contributed by atoms with Crippen molar-refractivity contribution < 1.29 is 14.7 Å². The highest BCUT2D eigenvalue weighted by atomic mass is 16.3. The maximum Gasteiger partial charge on any atom is 0.241 e. The first kappa shape index (κ1) is 15.5. The van der Waals surface area contributed by atoms with Crippen LogP contribution in [0.3, 0.4) is 0 Å². The second kappa shape index (κ2) is 6.69. The third-order valence-electron chi connectivity index (χ3n) is 3.58. The van der Waals surface area contributed by atoms with E-state index in [0.717, 1.165) is 5.56 Å². The molecule has 2 amide bonds. The molecule has 0 bridgehead atoms. The standard InChI is InChI=1S/C15H21N3O3/c1-10(19)18(2)9-11-4-3-5-12(6-11)17-15(21)14-7-13(20)8-16-14/h3-6,13-14,16,20H,7-9H2,1-2H3,(H,17,21). The first-order valence-electron chi connectivity index (χ1n) is 6.98. The predicted octanol–water partition coefficient (Wildman–Crippen LogP) is 0.326. The fourth-order valence-electron chi connectivity index (χ4n) is 2.28. The van der Waals surface area contributed by atoms with Gasteiger partial charge in [-0.25, -0.2) is 0 Å². The van der Waals surface area contributed by atoms with Gasteiger partial charge >= 0.3 is 0 Å². The Morgan fingerprint density at radius 3 is 2.86 bits per heavy atom. The monoisotopic (exact) mass is 291 g/mol. The van der Waals surface area contributed by atoms with Gasteiger partial charge in [0.15, 0.2) is 0 Å². The van der Waals surface area contributed by atoms with Crippen LogP contribution in [0.2, 0.25) is 0 Å². The summed E-state index contributed by atoms with van der Waals surface area (Å²) in [4.78, 5) is 24.9. The van der Waals surface area contributed by atoms with E-state index in [0.29, 0.717) is 25.2 Å². The van der Waals surface area contributed by atoms with Crippen LogP contribution in [-0.2, 0) is 16.1 Å². The highest BCUT2D eigenvalue weighted by molar-refractivity contribution is 5.95. The molecule has 0 saturated carbocycles. The summed E-state index contributed by atoms with van der Waals surface area (Å²) in [6.07, 6.45) is -0.0326. The van der Waals surface area contributed by atoms with E-state index in [4.69, 9.17) is 0 Å². The summed E-state index contributed by atoms with van der Waals surface area (Å²) in [5, 5.41) is 15.2. The molecule has 6 nitrogen and oxygen atoms in total. The van der Waals surface area contributed by atoms with Gasteiger partial charge < -0.3 is 20.6 Å². The maximum absolute atomic E-state index is 12.1. The van der Waals surface area contributed by atoms with Crippen LogP contribution in [-0.4, -0.2) is 47.6 Å². The molecule has 1 fully saturated rings. The van der Waals surface area contributed by atoms with Gasteiger partial charge in [0.05, 0.1) is 12.1 Å². The zero-order valence-corrected chi connectivity index (χ0v) is 12.3. The SMILES string of the molecule is CC(=O)N(C)Cc1cccc(NC(=O)C2CC(O)CN2)c1. The molecular weight excluding hydrogens is 270 g/mol. The lowest BCUT2D eigenvalue weighted by Crippen LogP contribution is -2.35. The quantitative estimate of drug-likeness (QED) is 0.746. The van der Waals surface area contributed by atoms with Crippen LogP contribution in [0.4, 0.5) is 5.69 Å². The van der Waals surface area contributed by atoms with Gasteiger partial charge in [-0.3, -0.25) is 9.59 Å². The number of β-amino-alcohol motifs (C(OH)–C–C–N with tert-alkyl or cyclic N) is 1. The molecule has 0 radical (unpaired) electrons. The fraction of sp³-hybridized carbons (Fsp3) is 0.467. The van der Waals surface area contributed by atoms with Crippen molar-refractivity contribution >= 4 is 17.5 Å². The number of aliphatic hydroxyl groups excluding tert-OH is 1. The second-order valence-corrected chi connectivity index (χ2v) is 5.42. The number of benzene rings is 1. The van der Waals surface area contributed by atoms with Crippen molar-refractivity contribution in [1.29, 1.82) is 0 Å². The molecule has 2 rings (SSSR count). The van der Waals surface area contributed by atoms with Crippen molar-refractivity contribution in [3.05, 3.63) is 29.8 Å². The number of hydrogen-bond acceptors (Lipinski definition) is 4. The van der Waals surface area contributed by atoms with Gasteiger partial charge in [0.1, 0.15) is 0 Å². The number of rotatable bonds is 4. The highest BCUT2D eigenvalue weighted by Gasteiger charge is 2.27. The van der Waals surface area contributed by atoms with Crippen molar-refractivity contribution in [2.45, 2.75) is 32.0 Å². The smallest absolute Gasteiger partial charge is 0.241 e. The first-order valence-corrected chi connectivity index (χ1v) is 6.98. The third kappa shape index (κ3) is 4.27. The van der Waals surface area contributed by atoms with E-state index in [2.05, 4.69) is 10.6 Å². The molecule has 2 atom stereocenters. The number of carbonyl (C=O) groups is 2. The van der Waals surface area contributed by atoms with Crippen molar-refractivity contribution in [3.8, 4) is 0 Å². The van der Waals surface area contributed by atoms with Crippen LogP contribution in [0.15, 0.2) is 24.3 Å². The topological polar surface area (TPSA) is 81.7 Å². The molecule has 1 aromatic rings. The Hall–Kier alpha value is -1.92. The number of amides is 2. The van der Waals surface area contributed by atoms with Crippen LogP contribution >= 0.6 is 0 Å². The average Bonchev–Trinajstić information content (AvgIpc) is 2.86.